The number of rotatable bonds is 5. The summed E-state index contributed by atoms with van der Waals surface area (Å²) in [5.41, 5.74) is 1.15. The van der Waals surface area contributed by atoms with Crippen LogP contribution in [0.3, 0.4) is 0 Å². The van der Waals surface area contributed by atoms with Crippen molar-refractivity contribution < 1.29 is 9.53 Å². The Morgan fingerprint density at radius 1 is 1.32 bits per heavy atom. The average molecular weight is 301 g/mol. The number of hydrogen-bond acceptors (Lipinski definition) is 4. The maximum absolute atomic E-state index is 12.2. The Morgan fingerprint density at radius 3 is 2.50 bits per heavy atom. The predicted octanol–water partition coefficient (Wildman–Crippen LogP) is 1.64. The first-order chi connectivity index (χ1) is 10.6. The van der Waals surface area contributed by atoms with Gasteiger partial charge in [0.15, 0.2) is 0 Å². The molecule has 0 aliphatic carbocycles. The summed E-state index contributed by atoms with van der Waals surface area (Å²) in [5.74, 6) is 0.364. The van der Waals surface area contributed by atoms with Crippen LogP contribution in [0.2, 0.25) is 0 Å². The van der Waals surface area contributed by atoms with Crippen molar-refractivity contribution >= 4 is 5.91 Å². The maximum atomic E-state index is 12.2. The second kappa shape index (κ2) is 7.92. The number of benzene rings is 1. The maximum Gasteiger partial charge on any atom is 0.251 e. The van der Waals surface area contributed by atoms with Crippen LogP contribution in [0.5, 0.6) is 0 Å². The zero-order valence-corrected chi connectivity index (χ0v) is 13.2. The molecule has 0 aromatic heterocycles. The quantitative estimate of drug-likeness (QED) is 0.898. The van der Waals surface area contributed by atoms with Crippen LogP contribution >= 0.6 is 0 Å². The molecule has 5 nitrogen and oxygen atoms in total. The molecule has 1 saturated heterocycles. The van der Waals surface area contributed by atoms with Gasteiger partial charge in [-0.15, -0.1) is 0 Å². The van der Waals surface area contributed by atoms with Crippen molar-refractivity contribution in [3.8, 4) is 6.07 Å². The molecule has 22 heavy (non-hydrogen) atoms. The number of carbonyl (C=O) groups is 1. The molecule has 0 bridgehead atoms. The fraction of sp³-hybridized carbons (Fsp3) is 0.529. The van der Waals surface area contributed by atoms with Crippen LogP contribution in [-0.2, 0) is 4.74 Å². The van der Waals surface area contributed by atoms with E-state index < -0.39 is 0 Å². The molecule has 1 aromatic carbocycles. The molecular formula is C17H23N3O2. The van der Waals surface area contributed by atoms with Crippen LogP contribution in [0.15, 0.2) is 24.3 Å². The Morgan fingerprint density at radius 2 is 1.95 bits per heavy atom. The highest BCUT2D eigenvalue weighted by molar-refractivity contribution is 5.94. The molecule has 1 fully saturated rings. The van der Waals surface area contributed by atoms with Crippen LogP contribution in [0.1, 0.15) is 29.8 Å². The van der Waals surface area contributed by atoms with Crippen molar-refractivity contribution in [3.05, 3.63) is 35.4 Å². The number of nitrogens with zero attached hydrogens (tertiary/aromatic N) is 2. The lowest BCUT2D eigenvalue weighted by Gasteiger charge is -2.36. The van der Waals surface area contributed by atoms with Crippen molar-refractivity contribution in [2.45, 2.75) is 19.9 Å². The molecule has 1 heterocycles. The number of morpholine rings is 1. The molecule has 0 saturated carbocycles. The third-order valence-electron chi connectivity index (χ3n) is 4.03. The third-order valence-corrected chi connectivity index (χ3v) is 4.03. The van der Waals surface area contributed by atoms with E-state index in [4.69, 9.17) is 10.00 Å². The van der Waals surface area contributed by atoms with Gasteiger partial charge < -0.3 is 10.1 Å². The highest BCUT2D eigenvalue weighted by Gasteiger charge is 2.24. The molecular weight excluding hydrogens is 278 g/mol. The molecule has 1 aromatic rings. The first kappa shape index (κ1) is 16.5. The van der Waals surface area contributed by atoms with Gasteiger partial charge in [-0.2, -0.15) is 5.26 Å². The molecule has 118 valence electrons. The summed E-state index contributed by atoms with van der Waals surface area (Å²) in [7, 11) is 0. The van der Waals surface area contributed by atoms with E-state index in [2.05, 4.69) is 30.1 Å². The molecule has 1 atom stereocenters. The van der Waals surface area contributed by atoms with E-state index in [9.17, 15) is 4.79 Å². The topological polar surface area (TPSA) is 65.4 Å². The largest absolute Gasteiger partial charge is 0.379 e. The second-order valence-corrected chi connectivity index (χ2v) is 5.86. The molecule has 2 rings (SSSR count). The van der Waals surface area contributed by atoms with Crippen molar-refractivity contribution in [2.24, 2.45) is 5.92 Å². The van der Waals surface area contributed by atoms with Crippen molar-refractivity contribution in [1.82, 2.24) is 10.2 Å². The Labute approximate surface area is 131 Å². The van der Waals surface area contributed by atoms with Gasteiger partial charge in [-0.05, 0) is 30.2 Å². The van der Waals surface area contributed by atoms with Crippen molar-refractivity contribution in [1.29, 1.82) is 5.26 Å². The Bertz CT molecular complexity index is 528. The number of carbonyl (C=O) groups excluding carboxylic acids is 1. The number of nitriles is 1. The summed E-state index contributed by atoms with van der Waals surface area (Å²) in [6.45, 7) is 8.31. The molecule has 5 heteroatoms. The van der Waals surface area contributed by atoms with Crippen LogP contribution in [0, 0.1) is 17.2 Å². The first-order valence-corrected chi connectivity index (χ1v) is 7.72. The average Bonchev–Trinajstić information content (AvgIpc) is 2.55. The monoisotopic (exact) mass is 301 g/mol. The molecule has 0 radical (unpaired) electrons. The molecule has 1 aliphatic rings. The highest BCUT2D eigenvalue weighted by atomic mass is 16.5. The summed E-state index contributed by atoms with van der Waals surface area (Å²) in [6, 6.07) is 9.06. The second-order valence-electron chi connectivity index (χ2n) is 5.86. The van der Waals surface area contributed by atoms with E-state index >= 15 is 0 Å². The van der Waals surface area contributed by atoms with Gasteiger partial charge in [0.05, 0.1) is 24.8 Å². The van der Waals surface area contributed by atoms with Gasteiger partial charge in [0, 0.05) is 31.2 Å². The minimum Gasteiger partial charge on any atom is -0.379 e. The molecule has 1 unspecified atom stereocenters. The minimum absolute atomic E-state index is 0.0941. The van der Waals surface area contributed by atoms with Crippen LogP contribution in [0.25, 0.3) is 0 Å². The van der Waals surface area contributed by atoms with Crippen LogP contribution in [0.4, 0.5) is 0 Å². The summed E-state index contributed by atoms with van der Waals surface area (Å²) in [5, 5.41) is 11.8. The number of amides is 1. The minimum atomic E-state index is -0.0941. The van der Waals surface area contributed by atoms with Gasteiger partial charge in [0.2, 0.25) is 0 Å². The van der Waals surface area contributed by atoms with Crippen molar-refractivity contribution in [3.63, 3.8) is 0 Å². The fourth-order valence-electron chi connectivity index (χ4n) is 2.69. The van der Waals surface area contributed by atoms with Gasteiger partial charge >= 0.3 is 0 Å². The van der Waals surface area contributed by atoms with Gasteiger partial charge in [-0.1, -0.05) is 13.8 Å². The van der Waals surface area contributed by atoms with Gasteiger partial charge in [0.25, 0.3) is 5.91 Å². The summed E-state index contributed by atoms with van der Waals surface area (Å²) >= 11 is 0. The van der Waals surface area contributed by atoms with E-state index in [0.717, 1.165) is 26.3 Å². The third kappa shape index (κ3) is 4.30. The SMILES string of the molecule is CC(C)C(CNC(=O)c1ccc(C#N)cc1)N1CCOCC1. The zero-order chi connectivity index (χ0) is 15.9. The van der Waals surface area contributed by atoms with Gasteiger partial charge in [-0.25, -0.2) is 0 Å². The Kier molecular flexibility index (Phi) is 5.93. The molecule has 1 amide bonds. The fourth-order valence-corrected chi connectivity index (χ4v) is 2.69. The first-order valence-electron chi connectivity index (χ1n) is 7.72. The van der Waals surface area contributed by atoms with E-state index in [1.54, 1.807) is 24.3 Å². The smallest absolute Gasteiger partial charge is 0.251 e. The number of nitrogens with one attached hydrogen (secondary N) is 1. The molecule has 1 N–H and O–H groups in total. The van der Waals surface area contributed by atoms with E-state index in [-0.39, 0.29) is 5.91 Å². The Hall–Kier alpha value is -1.90. The lowest BCUT2D eigenvalue weighted by atomic mass is 10.0. The highest BCUT2D eigenvalue weighted by Crippen LogP contribution is 2.12. The summed E-state index contributed by atoms with van der Waals surface area (Å²) in [6.07, 6.45) is 0. The van der Waals surface area contributed by atoms with Crippen LogP contribution in [-0.4, -0.2) is 49.7 Å². The lowest BCUT2D eigenvalue weighted by Crippen LogP contribution is -2.51. The summed E-state index contributed by atoms with van der Waals surface area (Å²) in [4.78, 5) is 14.6. The van der Waals surface area contributed by atoms with E-state index in [1.807, 2.05) is 0 Å². The van der Waals surface area contributed by atoms with Crippen molar-refractivity contribution in [2.75, 3.05) is 32.8 Å². The van der Waals surface area contributed by atoms with E-state index in [1.165, 1.54) is 0 Å². The van der Waals surface area contributed by atoms with Gasteiger partial charge in [0.1, 0.15) is 0 Å². The standard InChI is InChI=1S/C17H23N3O2/c1-13(2)16(20-7-9-22-10-8-20)12-19-17(21)15-5-3-14(11-18)4-6-15/h3-6,13,16H,7-10,12H2,1-2H3,(H,19,21). The molecule has 1 aliphatic heterocycles. The van der Waals surface area contributed by atoms with Gasteiger partial charge in [-0.3, -0.25) is 9.69 Å². The number of hydrogen-bond donors (Lipinski definition) is 1. The molecule has 0 spiro atoms. The van der Waals surface area contributed by atoms with Crippen LogP contribution < -0.4 is 5.32 Å². The Balaban J connectivity index is 1.93. The normalized spacial score (nSPS) is 17.0. The zero-order valence-electron chi connectivity index (χ0n) is 13.2. The predicted molar refractivity (Wildman–Crippen MR) is 84.5 cm³/mol. The lowest BCUT2D eigenvalue weighted by molar-refractivity contribution is 0.00673. The summed E-state index contributed by atoms with van der Waals surface area (Å²) < 4.78 is 5.39. The van der Waals surface area contributed by atoms with E-state index in [0.29, 0.717) is 29.6 Å². The number of ether oxygens (including phenoxy) is 1.